The minimum absolute atomic E-state index is 0.126. The summed E-state index contributed by atoms with van der Waals surface area (Å²) in [5, 5.41) is 2.95. The van der Waals surface area contributed by atoms with Gasteiger partial charge in [-0.25, -0.2) is 0 Å². The van der Waals surface area contributed by atoms with Gasteiger partial charge < -0.3 is 15.8 Å². The van der Waals surface area contributed by atoms with Crippen molar-refractivity contribution in [2.24, 2.45) is 5.73 Å². The molecule has 0 unspecified atom stereocenters. The molecule has 0 spiro atoms. The lowest BCUT2D eigenvalue weighted by atomic mass is 9.87. The molecule has 0 aromatic carbocycles. The van der Waals surface area contributed by atoms with E-state index in [0.29, 0.717) is 25.1 Å². The first-order valence-corrected chi connectivity index (χ1v) is 5.35. The van der Waals surface area contributed by atoms with Crippen LogP contribution in [-0.2, 0) is 9.53 Å². The molecule has 1 amide bonds. The Morgan fingerprint density at radius 3 is 2.86 bits per heavy atom. The number of rotatable bonds is 6. The van der Waals surface area contributed by atoms with Crippen LogP contribution in [0.15, 0.2) is 0 Å². The van der Waals surface area contributed by atoms with Gasteiger partial charge in [-0.05, 0) is 26.2 Å². The Morgan fingerprint density at radius 1 is 1.57 bits per heavy atom. The maximum absolute atomic E-state index is 11.3. The molecule has 0 radical (unpaired) electrons. The van der Waals surface area contributed by atoms with Crippen LogP contribution in [-0.4, -0.2) is 31.2 Å². The number of carbonyl (C=O) groups is 1. The van der Waals surface area contributed by atoms with Crippen LogP contribution >= 0.6 is 0 Å². The van der Waals surface area contributed by atoms with Gasteiger partial charge in [0, 0.05) is 31.7 Å². The highest BCUT2D eigenvalue weighted by Gasteiger charge is 2.26. The molecule has 4 heteroatoms. The second-order valence-corrected chi connectivity index (χ2v) is 3.80. The van der Waals surface area contributed by atoms with Crippen molar-refractivity contribution in [2.75, 3.05) is 13.2 Å². The third-order valence-corrected chi connectivity index (χ3v) is 2.44. The smallest absolute Gasteiger partial charge is 0.220 e. The summed E-state index contributed by atoms with van der Waals surface area (Å²) in [4.78, 5) is 11.3. The first kappa shape index (κ1) is 11.5. The van der Waals surface area contributed by atoms with E-state index in [0.717, 1.165) is 25.9 Å². The lowest BCUT2D eigenvalue weighted by Gasteiger charge is -2.32. The van der Waals surface area contributed by atoms with Gasteiger partial charge in [-0.15, -0.1) is 0 Å². The fraction of sp³-hybridized carbons (Fsp3) is 0.900. The summed E-state index contributed by atoms with van der Waals surface area (Å²) in [7, 11) is 0. The van der Waals surface area contributed by atoms with Gasteiger partial charge in [-0.1, -0.05) is 0 Å². The molecule has 0 heterocycles. The summed E-state index contributed by atoms with van der Waals surface area (Å²) in [6.45, 7) is 3.35. The van der Waals surface area contributed by atoms with Crippen LogP contribution in [0.2, 0.25) is 0 Å². The van der Waals surface area contributed by atoms with E-state index in [1.54, 1.807) is 0 Å². The van der Waals surface area contributed by atoms with Crippen molar-refractivity contribution < 1.29 is 9.53 Å². The summed E-state index contributed by atoms with van der Waals surface area (Å²) in [6, 6.07) is 0.619. The molecule has 0 atom stereocenters. The summed E-state index contributed by atoms with van der Waals surface area (Å²) in [5.41, 5.74) is 5.61. The van der Waals surface area contributed by atoms with Crippen LogP contribution in [0.5, 0.6) is 0 Å². The molecule has 0 saturated heterocycles. The standard InChI is InChI=1S/C10H20N2O2/c1-2-14-5-3-4-10(13)12-9-6-8(11)7-9/h8-9H,2-7,11H2,1H3,(H,12,13). The summed E-state index contributed by atoms with van der Waals surface area (Å²) in [5.74, 6) is 0.126. The fourth-order valence-electron chi connectivity index (χ4n) is 1.56. The molecule has 4 nitrogen and oxygen atoms in total. The number of nitrogens with one attached hydrogen (secondary N) is 1. The number of hydrogen-bond donors (Lipinski definition) is 2. The molecule has 0 aromatic rings. The van der Waals surface area contributed by atoms with Crippen LogP contribution in [0.1, 0.15) is 32.6 Å². The normalized spacial score (nSPS) is 25.6. The Labute approximate surface area is 85.2 Å². The minimum Gasteiger partial charge on any atom is -0.382 e. The van der Waals surface area contributed by atoms with Crippen LogP contribution in [0, 0.1) is 0 Å². The molecule has 3 N–H and O–H groups in total. The van der Waals surface area contributed by atoms with E-state index in [4.69, 9.17) is 10.5 Å². The van der Waals surface area contributed by atoms with E-state index in [1.165, 1.54) is 0 Å². The van der Waals surface area contributed by atoms with Crippen molar-refractivity contribution in [1.82, 2.24) is 5.32 Å². The van der Waals surface area contributed by atoms with Crippen LogP contribution in [0.3, 0.4) is 0 Å². The van der Waals surface area contributed by atoms with Crippen molar-refractivity contribution in [3.8, 4) is 0 Å². The Hall–Kier alpha value is -0.610. The van der Waals surface area contributed by atoms with E-state index >= 15 is 0 Å². The maximum Gasteiger partial charge on any atom is 0.220 e. The van der Waals surface area contributed by atoms with Crippen molar-refractivity contribution in [3.05, 3.63) is 0 Å². The zero-order chi connectivity index (χ0) is 10.4. The Kier molecular flexibility index (Phi) is 4.90. The lowest BCUT2D eigenvalue weighted by Crippen LogP contribution is -2.50. The largest absolute Gasteiger partial charge is 0.382 e. The average Bonchev–Trinajstić information content (AvgIpc) is 2.10. The summed E-state index contributed by atoms with van der Waals surface area (Å²) >= 11 is 0. The topological polar surface area (TPSA) is 64.3 Å². The van der Waals surface area contributed by atoms with Gasteiger partial charge in [-0.3, -0.25) is 4.79 Å². The van der Waals surface area contributed by atoms with Crippen LogP contribution < -0.4 is 11.1 Å². The maximum atomic E-state index is 11.3. The van der Waals surface area contributed by atoms with Gasteiger partial charge in [0.2, 0.25) is 5.91 Å². The molecule has 1 rings (SSSR count). The monoisotopic (exact) mass is 200 g/mol. The molecule has 82 valence electrons. The number of carbonyl (C=O) groups excluding carboxylic acids is 1. The van der Waals surface area contributed by atoms with Gasteiger partial charge in [0.1, 0.15) is 0 Å². The minimum atomic E-state index is 0.126. The number of nitrogens with two attached hydrogens (primary N) is 1. The highest BCUT2D eigenvalue weighted by Crippen LogP contribution is 2.17. The van der Waals surface area contributed by atoms with Gasteiger partial charge >= 0.3 is 0 Å². The molecular weight excluding hydrogens is 180 g/mol. The molecule has 1 fully saturated rings. The van der Waals surface area contributed by atoms with Gasteiger partial charge in [0.15, 0.2) is 0 Å². The Bertz CT molecular complexity index is 179. The van der Waals surface area contributed by atoms with Crippen molar-refractivity contribution in [2.45, 2.75) is 44.7 Å². The number of hydrogen-bond acceptors (Lipinski definition) is 3. The van der Waals surface area contributed by atoms with E-state index in [9.17, 15) is 4.79 Å². The zero-order valence-electron chi connectivity index (χ0n) is 8.79. The van der Waals surface area contributed by atoms with Crippen molar-refractivity contribution in [1.29, 1.82) is 0 Å². The van der Waals surface area contributed by atoms with E-state index in [1.807, 2.05) is 6.92 Å². The average molecular weight is 200 g/mol. The van der Waals surface area contributed by atoms with E-state index < -0.39 is 0 Å². The lowest BCUT2D eigenvalue weighted by molar-refractivity contribution is -0.122. The first-order valence-electron chi connectivity index (χ1n) is 5.35. The molecule has 1 aliphatic carbocycles. The van der Waals surface area contributed by atoms with Crippen LogP contribution in [0.25, 0.3) is 0 Å². The van der Waals surface area contributed by atoms with Crippen LogP contribution in [0.4, 0.5) is 0 Å². The van der Waals surface area contributed by atoms with Crippen molar-refractivity contribution >= 4 is 5.91 Å². The van der Waals surface area contributed by atoms with Crippen molar-refractivity contribution in [3.63, 3.8) is 0 Å². The highest BCUT2D eigenvalue weighted by molar-refractivity contribution is 5.76. The van der Waals surface area contributed by atoms with E-state index in [2.05, 4.69) is 5.32 Å². The predicted octanol–water partition coefficient (Wildman–Crippen LogP) is 0.409. The summed E-state index contributed by atoms with van der Waals surface area (Å²) in [6.07, 6.45) is 3.22. The van der Waals surface area contributed by atoms with Gasteiger partial charge in [0.05, 0.1) is 0 Å². The summed E-state index contributed by atoms with van der Waals surface area (Å²) < 4.78 is 5.15. The third kappa shape index (κ3) is 4.07. The van der Waals surface area contributed by atoms with Gasteiger partial charge in [-0.2, -0.15) is 0 Å². The van der Waals surface area contributed by atoms with E-state index in [-0.39, 0.29) is 5.91 Å². The highest BCUT2D eigenvalue weighted by atomic mass is 16.5. The molecule has 0 aliphatic heterocycles. The molecule has 14 heavy (non-hydrogen) atoms. The SMILES string of the molecule is CCOCCCC(=O)NC1CC(N)C1. The molecule has 0 aromatic heterocycles. The predicted molar refractivity (Wildman–Crippen MR) is 54.9 cm³/mol. The second kappa shape index (κ2) is 5.98. The molecular formula is C10H20N2O2. The Balaban J connectivity index is 1.94. The Morgan fingerprint density at radius 2 is 2.29 bits per heavy atom. The second-order valence-electron chi connectivity index (χ2n) is 3.80. The van der Waals surface area contributed by atoms with Gasteiger partial charge in [0.25, 0.3) is 0 Å². The number of ether oxygens (including phenoxy) is 1. The molecule has 1 saturated carbocycles. The zero-order valence-corrected chi connectivity index (χ0v) is 8.79. The first-order chi connectivity index (χ1) is 6.72. The number of amides is 1. The molecule has 1 aliphatic rings. The fourth-order valence-corrected chi connectivity index (χ4v) is 1.56. The third-order valence-electron chi connectivity index (χ3n) is 2.44. The molecule has 0 bridgehead atoms. The quantitative estimate of drug-likeness (QED) is 0.610.